The van der Waals surface area contributed by atoms with E-state index in [1.54, 1.807) is 5.57 Å². The normalized spacial score (nSPS) is 34.9. The Kier molecular flexibility index (Phi) is 8.45. The van der Waals surface area contributed by atoms with Crippen LogP contribution in [0.25, 0.3) is 0 Å². The molecule has 0 bridgehead atoms. The van der Waals surface area contributed by atoms with Gasteiger partial charge < -0.3 is 5.11 Å². The van der Waals surface area contributed by atoms with Crippen LogP contribution in [0.15, 0.2) is 29.0 Å². The van der Waals surface area contributed by atoms with Crippen LogP contribution in [0.1, 0.15) is 112 Å². The first kappa shape index (κ1) is 25.7. The van der Waals surface area contributed by atoms with Crippen molar-refractivity contribution in [1.82, 2.24) is 0 Å². The molecule has 2 fully saturated rings. The summed E-state index contributed by atoms with van der Waals surface area (Å²) < 4.78 is 0. The average Bonchev–Trinajstić information content (AvgIpc) is 3.13. The lowest BCUT2D eigenvalue weighted by molar-refractivity contribution is 0.0541. The molecule has 0 amide bonds. The van der Waals surface area contributed by atoms with Crippen molar-refractivity contribution in [3.05, 3.63) is 28.7 Å². The van der Waals surface area contributed by atoms with Crippen LogP contribution in [0.5, 0.6) is 0 Å². The predicted octanol–water partition coefficient (Wildman–Crippen LogP) is 8.22. The van der Waals surface area contributed by atoms with Gasteiger partial charge in [0.05, 0.1) is 6.10 Å². The monoisotopic (exact) mass is 443 g/mol. The molecular formula is C29H49NO2. The third-order valence-electron chi connectivity index (χ3n) is 9.77. The van der Waals surface area contributed by atoms with Crippen molar-refractivity contribution >= 4 is 0 Å². The fraction of sp³-hybridized carbons (Fsp3) is 0.862. The van der Waals surface area contributed by atoms with E-state index in [0.29, 0.717) is 29.6 Å². The van der Waals surface area contributed by atoms with E-state index in [9.17, 15) is 10.0 Å². The highest BCUT2D eigenvalue weighted by molar-refractivity contribution is 5.25. The summed E-state index contributed by atoms with van der Waals surface area (Å²) in [6.45, 7) is 15.4. The standard InChI is InChI=1S/C29H49NO2/c1-7-8-9-24(31)19-22-10-11-25-23(18-22)15-16-28(5)26(25)12-13-27(28)29(6,30-32)17-14-21(4)20(2)3/h11,20,22-24,26-27,31H,4,7-10,12-19H2,1-3,5-6H3. The number of aliphatic hydroxyl groups is 1. The lowest BCUT2D eigenvalue weighted by Crippen LogP contribution is -2.46. The van der Waals surface area contributed by atoms with Crippen molar-refractivity contribution in [3.63, 3.8) is 0 Å². The van der Waals surface area contributed by atoms with E-state index in [-0.39, 0.29) is 11.5 Å². The van der Waals surface area contributed by atoms with Gasteiger partial charge in [-0.25, -0.2) is 0 Å². The molecule has 32 heavy (non-hydrogen) atoms. The van der Waals surface area contributed by atoms with E-state index in [2.05, 4.69) is 52.5 Å². The summed E-state index contributed by atoms with van der Waals surface area (Å²) in [6.07, 6.45) is 15.6. The summed E-state index contributed by atoms with van der Waals surface area (Å²) in [5, 5.41) is 14.2. The van der Waals surface area contributed by atoms with Crippen molar-refractivity contribution in [3.8, 4) is 0 Å². The van der Waals surface area contributed by atoms with Gasteiger partial charge in [-0.05, 0) is 106 Å². The van der Waals surface area contributed by atoms with Gasteiger partial charge in [0.25, 0.3) is 0 Å². The van der Waals surface area contributed by atoms with Gasteiger partial charge in [0.2, 0.25) is 0 Å². The number of hydrogen-bond acceptors (Lipinski definition) is 3. The van der Waals surface area contributed by atoms with Gasteiger partial charge in [-0.3, -0.25) is 0 Å². The topological polar surface area (TPSA) is 49.7 Å². The van der Waals surface area contributed by atoms with Crippen LogP contribution in [-0.4, -0.2) is 16.7 Å². The third kappa shape index (κ3) is 5.24. The third-order valence-corrected chi connectivity index (χ3v) is 9.77. The van der Waals surface area contributed by atoms with E-state index >= 15 is 0 Å². The van der Waals surface area contributed by atoms with Crippen LogP contribution in [0, 0.1) is 39.9 Å². The minimum atomic E-state index is -0.491. The first-order valence-corrected chi connectivity index (χ1v) is 13.5. The summed E-state index contributed by atoms with van der Waals surface area (Å²) >= 11 is 0. The minimum Gasteiger partial charge on any atom is -0.393 e. The van der Waals surface area contributed by atoms with Crippen LogP contribution < -0.4 is 0 Å². The van der Waals surface area contributed by atoms with Gasteiger partial charge in [0.1, 0.15) is 5.54 Å². The van der Waals surface area contributed by atoms with Crippen LogP contribution in [0.4, 0.5) is 0 Å². The zero-order valence-corrected chi connectivity index (χ0v) is 21.5. The smallest absolute Gasteiger partial charge is 0.103 e. The lowest BCUT2D eigenvalue weighted by Gasteiger charge is -2.50. The predicted molar refractivity (Wildman–Crippen MR) is 135 cm³/mol. The van der Waals surface area contributed by atoms with Crippen molar-refractivity contribution < 1.29 is 5.11 Å². The first-order chi connectivity index (χ1) is 15.1. The van der Waals surface area contributed by atoms with Crippen LogP contribution >= 0.6 is 0 Å². The fourth-order valence-electron chi connectivity index (χ4n) is 7.57. The molecule has 0 radical (unpaired) electrons. The molecule has 182 valence electrons. The van der Waals surface area contributed by atoms with Crippen molar-refractivity contribution in [1.29, 1.82) is 0 Å². The highest BCUT2D eigenvalue weighted by atomic mass is 16.3. The molecule has 0 heterocycles. The summed E-state index contributed by atoms with van der Waals surface area (Å²) in [4.78, 5) is 12.2. The summed E-state index contributed by atoms with van der Waals surface area (Å²) in [7, 11) is 0. The van der Waals surface area contributed by atoms with Crippen molar-refractivity contribution in [2.24, 2.45) is 40.2 Å². The Morgan fingerprint density at radius 3 is 2.75 bits per heavy atom. The summed E-state index contributed by atoms with van der Waals surface area (Å²) in [5.74, 6) is 2.79. The molecule has 3 rings (SSSR count). The summed E-state index contributed by atoms with van der Waals surface area (Å²) in [6, 6.07) is 0. The summed E-state index contributed by atoms with van der Waals surface area (Å²) in [5.41, 5.74) is 2.64. The molecule has 3 heteroatoms. The second-order valence-corrected chi connectivity index (χ2v) is 12.3. The number of nitroso groups, excluding NO2 is 1. The molecule has 7 atom stereocenters. The largest absolute Gasteiger partial charge is 0.393 e. The number of hydrogen-bond donors (Lipinski definition) is 1. The Morgan fingerprint density at radius 2 is 2.09 bits per heavy atom. The number of unbranched alkanes of at least 4 members (excludes halogenated alkanes) is 1. The first-order valence-electron chi connectivity index (χ1n) is 13.5. The molecule has 2 saturated carbocycles. The molecule has 0 spiro atoms. The van der Waals surface area contributed by atoms with E-state index in [0.717, 1.165) is 51.4 Å². The van der Waals surface area contributed by atoms with E-state index < -0.39 is 5.54 Å². The molecule has 3 aliphatic carbocycles. The molecule has 0 aromatic heterocycles. The maximum Gasteiger partial charge on any atom is 0.103 e. The van der Waals surface area contributed by atoms with E-state index in [1.165, 1.54) is 31.3 Å². The second kappa shape index (κ2) is 10.5. The number of nitrogens with zero attached hydrogens (tertiary/aromatic N) is 1. The number of fused-ring (bicyclic) bond motifs is 3. The highest BCUT2D eigenvalue weighted by Crippen LogP contribution is 2.64. The maximum absolute atomic E-state index is 12.2. The fourth-order valence-corrected chi connectivity index (χ4v) is 7.57. The maximum atomic E-state index is 12.2. The van der Waals surface area contributed by atoms with E-state index in [1.807, 2.05) is 0 Å². The second-order valence-electron chi connectivity index (χ2n) is 12.3. The SMILES string of the molecule is C=C(CCC(C)(N=O)C1CCC2C3=CCC(CC(O)CCCC)CC3CCC21C)C(C)C. The highest BCUT2D eigenvalue weighted by Gasteiger charge is 2.57. The Hall–Kier alpha value is -0.960. The zero-order chi connectivity index (χ0) is 23.5. The molecular weight excluding hydrogens is 394 g/mol. The Labute approximate surface area is 197 Å². The van der Waals surface area contributed by atoms with Crippen molar-refractivity contribution in [2.45, 2.75) is 123 Å². The Morgan fingerprint density at radius 1 is 1.34 bits per heavy atom. The molecule has 0 aromatic rings. The van der Waals surface area contributed by atoms with Crippen LogP contribution in [-0.2, 0) is 0 Å². The quantitative estimate of drug-likeness (QED) is 0.258. The van der Waals surface area contributed by atoms with Crippen molar-refractivity contribution in [2.75, 3.05) is 0 Å². The average molecular weight is 444 g/mol. The van der Waals surface area contributed by atoms with Gasteiger partial charge in [-0.15, -0.1) is 0 Å². The van der Waals surface area contributed by atoms with Gasteiger partial charge in [0.15, 0.2) is 0 Å². The van der Waals surface area contributed by atoms with Gasteiger partial charge in [-0.1, -0.05) is 69.5 Å². The van der Waals surface area contributed by atoms with Crippen LogP contribution in [0.3, 0.4) is 0 Å². The van der Waals surface area contributed by atoms with E-state index in [4.69, 9.17) is 0 Å². The number of aliphatic hydroxyl groups excluding tert-OH is 1. The Balaban J connectivity index is 1.69. The molecule has 0 aliphatic heterocycles. The minimum absolute atomic E-state index is 0.125. The molecule has 0 saturated heterocycles. The number of allylic oxidation sites excluding steroid dienone is 3. The van der Waals surface area contributed by atoms with Gasteiger partial charge in [0, 0.05) is 0 Å². The molecule has 1 N–H and O–H groups in total. The van der Waals surface area contributed by atoms with Gasteiger partial charge in [-0.2, -0.15) is 4.91 Å². The molecule has 7 unspecified atom stereocenters. The molecule has 3 nitrogen and oxygen atoms in total. The Bertz CT molecular complexity index is 697. The lowest BCUT2D eigenvalue weighted by atomic mass is 9.55. The molecule has 3 aliphatic rings. The van der Waals surface area contributed by atoms with Crippen LogP contribution in [0.2, 0.25) is 0 Å². The van der Waals surface area contributed by atoms with Gasteiger partial charge >= 0.3 is 0 Å². The number of rotatable bonds is 11. The zero-order valence-electron chi connectivity index (χ0n) is 21.5. The molecule has 0 aromatic carbocycles.